The Labute approximate surface area is 106 Å². The largest absolute Gasteiger partial charge is 0.389 e. The number of hydrogen-bond donors (Lipinski definition) is 1. The average Bonchev–Trinajstić information content (AvgIpc) is 2.24. The normalized spacial score (nSPS) is 48.7. The van der Waals surface area contributed by atoms with Crippen LogP contribution in [0, 0.1) is 22.7 Å². The van der Waals surface area contributed by atoms with Crippen molar-refractivity contribution in [2.45, 2.75) is 77.7 Å². The van der Waals surface area contributed by atoms with E-state index in [1.165, 1.54) is 38.5 Å². The number of hydrogen-bond acceptors (Lipinski definition) is 1. The molecule has 0 aromatic carbocycles. The van der Waals surface area contributed by atoms with Crippen LogP contribution in [0.3, 0.4) is 0 Å². The van der Waals surface area contributed by atoms with E-state index in [2.05, 4.69) is 20.8 Å². The smallest absolute Gasteiger partial charge is 0.0698 e. The lowest BCUT2D eigenvalue weighted by Crippen LogP contribution is -2.60. The third kappa shape index (κ3) is 1.54. The Morgan fingerprint density at radius 1 is 1.06 bits per heavy atom. The highest BCUT2D eigenvalue weighted by atomic mass is 16.3. The van der Waals surface area contributed by atoms with Crippen molar-refractivity contribution in [3.63, 3.8) is 0 Å². The molecule has 4 fully saturated rings. The molecule has 1 nitrogen and oxygen atoms in total. The molecule has 0 spiro atoms. The molecule has 4 rings (SSSR count). The molecule has 4 bridgehead atoms. The summed E-state index contributed by atoms with van der Waals surface area (Å²) in [4.78, 5) is 0. The van der Waals surface area contributed by atoms with Crippen LogP contribution in [0.15, 0.2) is 0 Å². The molecule has 0 amide bonds. The quantitative estimate of drug-likeness (QED) is 0.780. The summed E-state index contributed by atoms with van der Waals surface area (Å²) in [5.74, 6) is 1.84. The first-order valence-corrected chi connectivity index (χ1v) is 7.67. The van der Waals surface area contributed by atoms with E-state index < -0.39 is 0 Å². The summed E-state index contributed by atoms with van der Waals surface area (Å²) in [6.07, 6.45) is 10.2. The summed E-state index contributed by atoms with van der Waals surface area (Å²) >= 11 is 0. The molecule has 0 heterocycles. The molecule has 2 atom stereocenters. The van der Waals surface area contributed by atoms with Crippen molar-refractivity contribution in [1.82, 2.24) is 0 Å². The second-order valence-electron chi connectivity index (χ2n) is 7.79. The van der Waals surface area contributed by atoms with E-state index in [4.69, 9.17) is 0 Å². The minimum Gasteiger partial charge on any atom is -0.389 e. The first kappa shape index (κ1) is 12.0. The molecule has 0 aromatic heterocycles. The topological polar surface area (TPSA) is 20.2 Å². The summed E-state index contributed by atoms with van der Waals surface area (Å²) < 4.78 is 0. The second-order valence-corrected chi connectivity index (χ2v) is 7.79. The first-order valence-electron chi connectivity index (χ1n) is 7.67. The fourth-order valence-corrected chi connectivity index (χ4v) is 6.26. The Morgan fingerprint density at radius 3 is 2.00 bits per heavy atom. The molecule has 4 aliphatic carbocycles. The Hall–Kier alpha value is -0.0400. The summed E-state index contributed by atoms with van der Waals surface area (Å²) in [5.41, 5.74) is 0.448. The van der Waals surface area contributed by atoms with Crippen LogP contribution in [0.2, 0.25) is 0 Å². The van der Waals surface area contributed by atoms with Gasteiger partial charge in [0.15, 0.2) is 0 Å². The third-order valence-corrected chi connectivity index (χ3v) is 6.51. The van der Waals surface area contributed by atoms with Gasteiger partial charge in [-0.05, 0) is 68.6 Å². The van der Waals surface area contributed by atoms with E-state index in [1.807, 2.05) is 0 Å². The molecule has 2 unspecified atom stereocenters. The minimum atomic E-state index is -0.383. The SMILES string of the molecule is CCC(O)(CC)C12CC3CC(CC(C)(C3)C1)C2. The van der Waals surface area contributed by atoms with E-state index in [-0.39, 0.29) is 11.0 Å². The van der Waals surface area contributed by atoms with Crippen molar-refractivity contribution < 1.29 is 5.11 Å². The summed E-state index contributed by atoms with van der Waals surface area (Å²) in [6.45, 7) is 6.86. The van der Waals surface area contributed by atoms with Gasteiger partial charge in [-0.25, -0.2) is 0 Å². The van der Waals surface area contributed by atoms with Gasteiger partial charge in [0.2, 0.25) is 0 Å². The lowest BCUT2D eigenvalue weighted by atomic mass is 9.41. The maximum absolute atomic E-state index is 11.1. The average molecular weight is 236 g/mol. The summed E-state index contributed by atoms with van der Waals surface area (Å²) in [5, 5.41) is 11.1. The maximum Gasteiger partial charge on any atom is 0.0698 e. The number of rotatable bonds is 3. The van der Waals surface area contributed by atoms with Gasteiger partial charge in [-0.15, -0.1) is 0 Å². The Kier molecular flexibility index (Phi) is 2.47. The lowest BCUT2D eigenvalue weighted by molar-refractivity contribution is -0.204. The van der Waals surface area contributed by atoms with Crippen LogP contribution in [0.4, 0.5) is 0 Å². The van der Waals surface area contributed by atoms with E-state index in [0.29, 0.717) is 5.41 Å². The minimum absolute atomic E-state index is 0.273. The zero-order valence-corrected chi connectivity index (χ0v) is 11.8. The van der Waals surface area contributed by atoms with Gasteiger partial charge in [0.25, 0.3) is 0 Å². The molecule has 0 saturated heterocycles. The van der Waals surface area contributed by atoms with E-state index in [1.54, 1.807) is 0 Å². The van der Waals surface area contributed by atoms with Gasteiger partial charge in [0, 0.05) is 5.41 Å². The predicted molar refractivity (Wildman–Crippen MR) is 70.8 cm³/mol. The Balaban J connectivity index is 1.98. The fourth-order valence-electron chi connectivity index (χ4n) is 6.26. The van der Waals surface area contributed by atoms with Gasteiger partial charge in [0.05, 0.1) is 5.60 Å². The number of aliphatic hydroxyl groups is 1. The van der Waals surface area contributed by atoms with E-state index >= 15 is 0 Å². The highest BCUT2D eigenvalue weighted by Crippen LogP contribution is 2.68. The maximum atomic E-state index is 11.1. The molecule has 0 radical (unpaired) electrons. The zero-order chi connectivity index (χ0) is 12.3. The fraction of sp³-hybridized carbons (Fsp3) is 1.00. The van der Waals surface area contributed by atoms with Crippen molar-refractivity contribution in [1.29, 1.82) is 0 Å². The van der Waals surface area contributed by atoms with Gasteiger partial charge in [0.1, 0.15) is 0 Å². The van der Waals surface area contributed by atoms with Crippen molar-refractivity contribution in [3.8, 4) is 0 Å². The molecular weight excluding hydrogens is 208 g/mol. The molecule has 1 heteroatoms. The summed E-state index contributed by atoms with van der Waals surface area (Å²) in [6, 6.07) is 0. The van der Waals surface area contributed by atoms with E-state index in [9.17, 15) is 5.11 Å². The Morgan fingerprint density at radius 2 is 1.59 bits per heavy atom. The monoisotopic (exact) mass is 236 g/mol. The third-order valence-electron chi connectivity index (χ3n) is 6.51. The van der Waals surface area contributed by atoms with Crippen LogP contribution < -0.4 is 0 Å². The highest BCUT2D eigenvalue weighted by Gasteiger charge is 2.61. The predicted octanol–water partition coefficient (Wildman–Crippen LogP) is 4.14. The second kappa shape index (κ2) is 3.50. The van der Waals surface area contributed by atoms with Crippen LogP contribution >= 0.6 is 0 Å². The lowest BCUT2D eigenvalue weighted by Gasteiger charge is -2.65. The first-order chi connectivity index (χ1) is 7.94. The van der Waals surface area contributed by atoms with Crippen molar-refractivity contribution >= 4 is 0 Å². The summed E-state index contributed by atoms with van der Waals surface area (Å²) in [7, 11) is 0. The van der Waals surface area contributed by atoms with E-state index in [0.717, 1.165) is 24.7 Å². The molecular formula is C16H28O. The van der Waals surface area contributed by atoms with Crippen LogP contribution in [0.5, 0.6) is 0 Å². The molecule has 0 aliphatic heterocycles. The van der Waals surface area contributed by atoms with Crippen LogP contribution in [0.25, 0.3) is 0 Å². The van der Waals surface area contributed by atoms with Gasteiger partial charge in [-0.3, -0.25) is 0 Å². The van der Waals surface area contributed by atoms with Crippen LogP contribution in [0.1, 0.15) is 72.1 Å². The molecule has 17 heavy (non-hydrogen) atoms. The van der Waals surface area contributed by atoms with Crippen LogP contribution in [-0.4, -0.2) is 10.7 Å². The van der Waals surface area contributed by atoms with Crippen molar-refractivity contribution in [2.75, 3.05) is 0 Å². The van der Waals surface area contributed by atoms with Gasteiger partial charge < -0.3 is 5.11 Å². The zero-order valence-electron chi connectivity index (χ0n) is 11.8. The molecule has 4 aliphatic rings. The molecule has 98 valence electrons. The Bertz CT molecular complexity index is 301. The van der Waals surface area contributed by atoms with Crippen molar-refractivity contribution in [3.05, 3.63) is 0 Å². The van der Waals surface area contributed by atoms with Crippen molar-refractivity contribution in [2.24, 2.45) is 22.7 Å². The van der Waals surface area contributed by atoms with Crippen LogP contribution in [-0.2, 0) is 0 Å². The van der Waals surface area contributed by atoms with Gasteiger partial charge in [-0.1, -0.05) is 20.8 Å². The highest BCUT2D eigenvalue weighted by molar-refractivity contribution is 5.12. The molecule has 0 aromatic rings. The van der Waals surface area contributed by atoms with Gasteiger partial charge in [-0.2, -0.15) is 0 Å². The standard InChI is InChI=1S/C16H28O/c1-4-16(17,5-2)15-9-12-6-13(10-15)8-14(3,7-12)11-15/h12-13,17H,4-11H2,1-3H3. The molecule has 1 N–H and O–H groups in total. The molecule has 4 saturated carbocycles. The van der Waals surface area contributed by atoms with Gasteiger partial charge >= 0.3 is 0 Å².